The van der Waals surface area contributed by atoms with Gasteiger partial charge in [0.25, 0.3) is 11.6 Å². The summed E-state index contributed by atoms with van der Waals surface area (Å²) in [5.41, 5.74) is 0.184. The van der Waals surface area contributed by atoms with E-state index in [1.807, 2.05) is 0 Å². The van der Waals surface area contributed by atoms with E-state index in [1.54, 1.807) is 0 Å². The van der Waals surface area contributed by atoms with E-state index in [4.69, 9.17) is 5.11 Å². The maximum Gasteiger partial charge on any atom is 0.308 e. The minimum absolute atomic E-state index is 0.0746. The zero-order chi connectivity index (χ0) is 14.6. The molecule has 7 nitrogen and oxygen atoms in total. The quantitative estimate of drug-likeness (QED) is 0.641. The van der Waals surface area contributed by atoms with Crippen LogP contribution in [0, 0.1) is 16.0 Å². The van der Waals surface area contributed by atoms with Gasteiger partial charge >= 0.3 is 5.97 Å². The lowest BCUT2D eigenvalue weighted by Gasteiger charge is -2.19. The number of carbonyl (C=O) groups is 2. The zero-order valence-electron chi connectivity index (χ0n) is 10.6. The van der Waals surface area contributed by atoms with E-state index in [1.165, 1.54) is 43.1 Å². The van der Waals surface area contributed by atoms with Crippen LogP contribution in [0.3, 0.4) is 0 Å². The minimum Gasteiger partial charge on any atom is -0.481 e. The number of carboxylic acid groups (broad SMARTS) is 1. The van der Waals surface area contributed by atoms with Crippen molar-refractivity contribution in [1.29, 1.82) is 0 Å². The zero-order valence-corrected chi connectivity index (χ0v) is 10.6. The molecule has 7 heteroatoms. The number of amides is 1. The van der Waals surface area contributed by atoms with Crippen molar-refractivity contribution in [3.05, 3.63) is 39.9 Å². The first kappa shape index (κ1) is 14.6. The molecule has 1 rings (SSSR count). The SMILES string of the molecule is CC(CN(C)C(=O)c1ccc([N+](=O)[O-])cc1)C(=O)O. The van der Waals surface area contributed by atoms with Crippen molar-refractivity contribution in [2.24, 2.45) is 5.92 Å². The number of benzene rings is 1. The first-order valence-corrected chi connectivity index (χ1v) is 5.55. The lowest BCUT2D eigenvalue weighted by atomic mass is 10.1. The molecule has 0 radical (unpaired) electrons. The highest BCUT2D eigenvalue weighted by atomic mass is 16.6. The predicted molar refractivity (Wildman–Crippen MR) is 66.9 cm³/mol. The fourth-order valence-corrected chi connectivity index (χ4v) is 1.52. The van der Waals surface area contributed by atoms with Crippen molar-refractivity contribution in [2.45, 2.75) is 6.92 Å². The molecule has 0 spiro atoms. The van der Waals surface area contributed by atoms with E-state index in [2.05, 4.69) is 0 Å². The topological polar surface area (TPSA) is 101 Å². The fraction of sp³-hybridized carbons (Fsp3) is 0.333. The Morgan fingerprint density at radius 3 is 2.32 bits per heavy atom. The largest absolute Gasteiger partial charge is 0.481 e. The van der Waals surface area contributed by atoms with E-state index in [0.29, 0.717) is 0 Å². The lowest BCUT2D eigenvalue weighted by molar-refractivity contribution is -0.384. The Morgan fingerprint density at radius 1 is 1.37 bits per heavy atom. The monoisotopic (exact) mass is 266 g/mol. The molecule has 0 aliphatic rings. The normalized spacial score (nSPS) is 11.7. The standard InChI is InChI=1S/C12H14N2O5/c1-8(12(16)17)7-13(2)11(15)9-3-5-10(6-4-9)14(18)19/h3-6,8H,7H2,1-2H3,(H,16,17). The van der Waals surface area contributed by atoms with Gasteiger partial charge in [0.1, 0.15) is 0 Å². The Kier molecular flexibility index (Phi) is 4.57. The third kappa shape index (κ3) is 3.77. The maximum absolute atomic E-state index is 11.9. The molecule has 1 atom stereocenters. The summed E-state index contributed by atoms with van der Waals surface area (Å²) in [6, 6.07) is 5.17. The third-order valence-electron chi connectivity index (χ3n) is 2.64. The average Bonchev–Trinajstić information content (AvgIpc) is 2.37. The van der Waals surface area contributed by atoms with Gasteiger partial charge in [0, 0.05) is 31.3 Å². The fourth-order valence-electron chi connectivity index (χ4n) is 1.52. The second-order valence-electron chi connectivity index (χ2n) is 4.23. The Labute approximate surface area is 109 Å². The molecule has 0 heterocycles. The smallest absolute Gasteiger partial charge is 0.308 e. The number of rotatable bonds is 5. The Morgan fingerprint density at radius 2 is 1.89 bits per heavy atom. The third-order valence-corrected chi connectivity index (χ3v) is 2.64. The van der Waals surface area contributed by atoms with Crippen molar-refractivity contribution < 1.29 is 19.6 Å². The second-order valence-corrected chi connectivity index (χ2v) is 4.23. The highest BCUT2D eigenvalue weighted by Gasteiger charge is 2.19. The van der Waals surface area contributed by atoms with Gasteiger partial charge in [-0.2, -0.15) is 0 Å². The summed E-state index contributed by atoms with van der Waals surface area (Å²) in [6.45, 7) is 1.58. The van der Waals surface area contributed by atoms with Gasteiger partial charge in [-0.25, -0.2) is 0 Å². The molecule has 1 N–H and O–H groups in total. The van der Waals surface area contributed by atoms with Crippen LogP contribution in [-0.4, -0.2) is 40.4 Å². The van der Waals surface area contributed by atoms with Crippen LogP contribution in [0.2, 0.25) is 0 Å². The van der Waals surface area contributed by atoms with Crippen LogP contribution < -0.4 is 0 Å². The van der Waals surface area contributed by atoms with Crippen LogP contribution >= 0.6 is 0 Å². The molecule has 1 aromatic carbocycles. The van der Waals surface area contributed by atoms with Gasteiger partial charge in [-0.1, -0.05) is 6.92 Å². The highest BCUT2D eigenvalue weighted by Crippen LogP contribution is 2.13. The summed E-state index contributed by atoms with van der Waals surface area (Å²) in [5, 5.41) is 19.2. The van der Waals surface area contributed by atoms with Crippen LogP contribution in [-0.2, 0) is 4.79 Å². The van der Waals surface area contributed by atoms with Crippen molar-refractivity contribution in [3.63, 3.8) is 0 Å². The summed E-state index contributed by atoms with van der Waals surface area (Å²) in [6.07, 6.45) is 0. The number of aliphatic carboxylic acids is 1. The molecular formula is C12H14N2O5. The summed E-state index contributed by atoms with van der Waals surface area (Å²) in [7, 11) is 1.49. The minimum atomic E-state index is -0.983. The summed E-state index contributed by atoms with van der Waals surface area (Å²) in [4.78, 5) is 33.9. The van der Waals surface area contributed by atoms with Crippen molar-refractivity contribution >= 4 is 17.6 Å². The van der Waals surface area contributed by atoms with Gasteiger partial charge in [0.05, 0.1) is 10.8 Å². The number of non-ortho nitro benzene ring substituents is 1. The molecule has 102 valence electrons. The molecule has 0 aliphatic carbocycles. The molecule has 0 aliphatic heterocycles. The van der Waals surface area contributed by atoms with Crippen molar-refractivity contribution in [3.8, 4) is 0 Å². The van der Waals surface area contributed by atoms with Gasteiger partial charge in [0.15, 0.2) is 0 Å². The molecule has 0 saturated heterocycles. The van der Waals surface area contributed by atoms with Crippen molar-refractivity contribution in [2.75, 3.05) is 13.6 Å². The molecule has 1 amide bonds. The first-order chi connectivity index (χ1) is 8.82. The number of carbonyl (C=O) groups excluding carboxylic acids is 1. The van der Waals surface area contributed by atoms with Crippen LogP contribution in [0.5, 0.6) is 0 Å². The predicted octanol–water partition coefficient (Wildman–Crippen LogP) is 1.39. The Bertz CT molecular complexity index is 497. The van der Waals surface area contributed by atoms with Crippen molar-refractivity contribution in [1.82, 2.24) is 4.90 Å². The Hall–Kier alpha value is -2.44. The highest BCUT2D eigenvalue weighted by molar-refractivity contribution is 5.94. The number of hydrogen-bond donors (Lipinski definition) is 1. The van der Waals surface area contributed by atoms with E-state index in [0.717, 1.165) is 0 Å². The van der Waals surface area contributed by atoms with E-state index in [-0.39, 0.29) is 23.7 Å². The van der Waals surface area contributed by atoms with Crippen LogP contribution in [0.4, 0.5) is 5.69 Å². The summed E-state index contributed by atoms with van der Waals surface area (Å²) < 4.78 is 0. The molecule has 1 aromatic rings. The summed E-state index contributed by atoms with van der Waals surface area (Å²) >= 11 is 0. The van der Waals surface area contributed by atoms with E-state index < -0.39 is 16.8 Å². The lowest BCUT2D eigenvalue weighted by Crippen LogP contribution is -2.33. The molecule has 19 heavy (non-hydrogen) atoms. The summed E-state index contributed by atoms with van der Waals surface area (Å²) in [5.74, 6) is -2.03. The average molecular weight is 266 g/mol. The molecule has 1 unspecified atom stereocenters. The Balaban J connectivity index is 2.77. The first-order valence-electron chi connectivity index (χ1n) is 5.55. The number of nitro benzene ring substituents is 1. The molecule has 0 bridgehead atoms. The molecular weight excluding hydrogens is 252 g/mol. The number of carboxylic acids is 1. The second kappa shape index (κ2) is 5.94. The van der Waals surface area contributed by atoms with Gasteiger partial charge in [-0.3, -0.25) is 19.7 Å². The van der Waals surface area contributed by atoms with Crippen LogP contribution in [0.25, 0.3) is 0 Å². The van der Waals surface area contributed by atoms with Gasteiger partial charge < -0.3 is 10.0 Å². The number of nitro groups is 1. The molecule has 0 aromatic heterocycles. The van der Waals surface area contributed by atoms with Crippen LogP contribution in [0.1, 0.15) is 17.3 Å². The number of nitrogens with zero attached hydrogens (tertiary/aromatic N) is 2. The molecule has 0 saturated carbocycles. The number of hydrogen-bond acceptors (Lipinski definition) is 4. The molecule has 0 fully saturated rings. The van der Waals surface area contributed by atoms with E-state index >= 15 is 0 Å². The van der Waals surface area contributed by atoms with E-state index in [9.17, 15) is 19.7 Å². The van der Waals surface area contributed by atoms with Gasteiger partial charge in [-0.05, 0) is 12.1 Å². The van der Waals surface area contributed by atoms with Gasteiger partial charge in [0.2, 0.25) is 0 Å². The van der Waals surface area contributed by atoms with Gasteiger partial charge in [-0.15, -0.1) is 0 Å². The maximum atomic E-state index is 11.9. The van der Waals surface area contributed by atoms with Crippen LogP contribution in [0.15, 0.2) is 24.3 Å².